The molecule has 3 aromatic rings. The monoisotopic (exact) mass is 431 g/mol. The molecule has 4 rings (SSSR count). The van der Waals surface area contributed by atoms with Gasteiger partial charge < -0.3 is 14.6 Å². The number of aryl methyl sites for hydroxylation is 1. The fourth-order valence-corrected chi connectivity index (χ4v) is 3.14. The van der Waals surface area contributed by atoms with Crippen molar-refractivity contribution in [3.63, 3.8) is 0 Å². The lowest BCUT2D eigenvalue weighted by atomic mass is 10.1. The first kappa shape index (κ1) is 17.6. The summed E-state index contributed by atoms with van der Waals surface area (Å²) in [6.07, 6.45) is 3.24. The van der Waals surface area contributed by atoms with Gasteiger partial charge in [-0.1, -0.05) is 6.07 Å². The Bertz CT molecular complexity index is 1010. The fraction of sp³-hybridized carbons (Fsp3) is 0.222. The third-order valence-corrected chi connectivity index (χ3v) is 4.76. The molecule has 138 valence electrons. The van der Waals surface area contributed by atoms with Crippen LogP contribution in [0, 0.1) is 5.82 Å². The van der Waals surface area contributed by atoms with E-state index < -0.39 is 11.7 Å². The van der Waals surface area contributed by atoms with Gasteiger partial charge in [0.1, 0.15) is 29.4 Å². The average molecular weight is 432 g/mol. The molecule has 0 saturated heterocycles. The van der Waals surface area contributed by atoms with Crippen LogP contribution < -0.4 is 10.1 Å². The van der Waals surface area contributed by atoms with Gasteiger partial charge in [0, 0.05) is 6.54 Å². The summed E-state index contributed by atoms with van der Waals surface area (Å²) in [6, 6.07) is 7.85. The molecule has 0 unspecified atom stereocenters. The molecule has 0 fully saturated rings. The number of pyridine rings is 1. The molecule has 1 aliphatic rings. The SMILES string of the molecule is O=C1Nc2cccc(n2)-c2nncn2CCCCOc2cc(Br)c(F)cc21. The summed E-state index contributed by atoms with van der Waals surface area (Å²) in [5.41, 5.74) is 0.712. The minimum atomic E-state index is -0.538. The summed E-state index contributed by atoms with van der Waals surface area (Å²) in [5, 5.41) is 10.8. The van der Waals surface area contributed by atoms with E-state index in [9.17, 15) is 9.18 Å². The quantitative estimate of drug-likeness (QED) is 0.587. The van der Waals surface area contributed by atoms with Gasteiger partial charge in [-0.15, -0.1) is 10.2 Å². The van der Waals surface area contributed by atoms with Crippen LogP contribution in [0.5, 0.6) is 5.75 Å². The van der Waals surface area contributed by atoms with Crippen LogP contribution in [0.4, 0.5) is 10.2 Å². The van der Waals surface area contributed by atoms with E-state index in [0.29, 0.717) is 36.2 Å². The summed E-state index contributed by atoms with van der Waals surface area (Å²) < 4.78 is 21.9. The fourth-order valence-electron chi connectivity index (χ4n) is 2.82. The minimum Gasteiger partial charge on any atom is -0.493 e. The van der Waals surface area contributed by atoms with Crippen LogP contribution in [0.2, 0.25) is 0 Å². The normalized spacial score (nSPS) is 14.4. The molecule has 9 heteroatoms. The Labute approximate surface area is 162 Å². The molecule has 0 radical (unpaired) electrons. The van der Waals surface area contributed by atoms with Crippen molar-refractivity contribution in [2.24, 2.45) is 0 Å². The number of ether oxygens (including phenoxy) is 1. The maximum atomic E-state index is 14.0. The number of aromatic nitrogens is 4. The molecule has 7 nitrogen and oxygen atoms in total. The minimum absolute atomic E-state index is 0.114. The highest BCUT2D eigenvalue weighted by Crippen LogP contribution is 2.28. The zero-order valence-corrected chi connectivity index (χ0v) is 15.7. The third kappa shape index (κ3) is 3.68. The standard InChI is InChI=1S/C18H15BrFN5O2/c19-12-9-15-11(8-13(12)20)18(26)23-16-5-3-4-14(22-16)17-24-21-10-25(17)6-1-2-7-27-15/h3-5,8-10H,1-2,6-7H2,(H,22,23,26). The number of nitrogens with one attached hydrogen (secondary N) is 1. The van der Waals surface area contributed by atoms with E-state index in [-0.39, 0.29) is 10.0 Å². The Morgan fingerprint density at radius 3 is 3.04 bits per heavy atom. The number of fused-ring (bicyclic) bond motifs is 5. The first-order valence-corrected chi connectivity index (χ1v) is 9.19. The maximum absolute atomic E-state index is 14.0. The third-order valence-electron chi connectivity index (χ3n) is 4.15. The van der Waals surface area contributed by atoms with Gasteiger partial charge in [-0.05, 0) is 53.0 Å². The number of carbonyl (C=O) groups excluding carboxylic acids is 1. The number of nitrogens with zero attached hydrogens (tertiary/aromatic N) is 4. The van der Waals surface area contributed by atoms with Crippen molar-refractivity contribution in [1.29, 1.82) is 0 Å². The second kappa shape index (κ2) is 7.43. The van der Waals surface area contributed by atoms with E-state index in [0.717, 1.165) is 18.9 Å². The molecule has 0 atom stereocenters. The molecule has 1 amide bonds. The Morgan fingerprint density at radius 1 is 1.26 bits per heavy atom. The number of benzene rings is 1. The van der Waals surface area contributed by atoms with E-state index in [1.54, 1.807) is 24.5 Å². The Balaban J connectivity index is 1.75. The number of hydrogen-bond donors (Lipinski definition) is 1. The summed E-state index contributed by atoms with van der Waals surface area (Å²) in [7, 11) is 0. The van der Waals surface area contributed by atoms with E-state index in [1.807, 2.05) is 4.57 Å². The lowest BCUT2D eigenvalue weighted by Gasteiger charge is -2.14. The first-order chi connectivity index (χ1) is 13.1. The average Bonchev–Trinajstić information content (AvgIpc) is 3.12. The Morgan fingerprint density at radius 2 is 2.15 bits per heavy atom. The molecular weight excluding hydrogens is 417 g/mol. The topological polar surface area (TPSA) is 81.9 Å². The molecule has 1 aliphatic heterocycles. The van der Waals surface area contributed by atoms with Crippen molar-refractivity contribution in [2.75, 3.05) is 11.9 Å². The Hall–Kier alpha value is -2.81. The molecule has 0 aliphatic carbocycles. The number of amides is 1. The van der Waals surface area contributed by atoms with Crippen molar-refractivity contribution in [1.82, 2.24) is 19.7 Å². The van der Waals surface area contributed by atoms with Gasteiger partial charge in [0.2, 0.25) is 0 Å². The molecule has 2 bridgehead atoms. The van der Waals surface area contributed by atoms with Crippen LogP contribution in [-0.2, 0) is 6.54 Å². The summed E-state index contributed by atoms with van der Waals surface area (Å²) >= 11 is 3.13. The van der Waals surface area contributed by atoms with Gasteiger partial charge in [0.25, 0.3) is 5.91 Å². The van der Waals surface area contributed by atoms with Crippen molar-refractivity contribution < 1.29 is 13.9 Å². The van der Waals surface area contributed by atoms with Crippen LogP contribution in [0.3, 0.4) is 0 Å². The number of hydrogen-bond acceptors (Lipinski definition) is 5. The predicted octanol–water partition coefficient (Wildman–Crippen LogP) is 3.67. The highest BCUT2D eigenvalue weighted by molar-refractivity contribution is 9.10. The van der Waals surface area contributed by atoms with Gasteiger partial charge in [-0.3, -0.25) is 4.79 Å². The number of rotatable bonds is 0. The van der Waals surface area contributed by atoms with E-state index >= 15 is 0 Å². The van der Waals surface area contributed by atoms with Gasteiger partial charge in [-0.2, -0.15) is 0 Å². The molecule has 1 N–H and O–H groups in total. The number of halogens is 2. The van der Waals surface area contributed by atoms with Gasteiger partial charge >= 0.3 is 0 Å². The van der Waals surface area contributed by atoms with Crippen LogP contribution in [-0.4, -0.2) is 32.3 Å². The molecule has 0 saturated carbocycles. The van der Waals surface area contributed by atoms with Crippen LogP contribution in [0.1, 0.15) is 23.2 Å². The maximum Gasteiger partial charge on any atom is 0.260 e. The van der Waals surface area contributed by atoms with E-state index in [1.165, 1.54) is 6.07 Å². The predicted molar refractivity (Wildman–Crippen MR) is 100 cm³/mol. The second-order valence-electron chi connectivity index (χ2n) is 6.03. The lowest BCUT2D eigenvalue weighted by Crippen LogP contribution is -2.16. The highest BCUT2D eigenvalue weighted by atomic mass is 79.9. The van der Waals surface area contributed by atoms with Crippen LogP contribution in [0.15, 0.2) is 41.1 Å². The van der Waals surface area contributed by atoms with Crippen molar-refractivity contribution >= 4 is 27.7 Å². The van der Waals surface area contributed by atoms with E-state index in [4.69, 9.17) is 4.74 Å². The summed E-state index contributed by atoms with van der Waals surface area (Å²) in [4.78, 5) is 17.1. The van der Waals surface area contributed by atoms with Gasteiger partial charge in [-0.25, -0.2) is 9.37 Å². The Kier molecular flexibility index (Phi) is 4.85. The smallest absolute Gasteiger partial charge is 0.260 e. The highest BCUT2D eigenvalue weighted by Gasteiger charge is 2.18. The second-order valence-corrected chi connectivity index (χ2v) is 6.88. The summed E-state index contributed by atoms with van der Waals surface area (Å²) in [6.45, 7) is 1.11. The number of carbonyl (C=O) groups is 1. The van der Waals surface area contributed by atoms with Crippen LogP contribution in [0.25, 0.3) is 11.5 Å². The molecule has 27 heavy (non-hydrogen) atoms. The zero-order valence-electron chi connectivity index (χ0n) is 14.2. The van der Waals surface area contributed by atoms with Crippen molar-refractivity contribution in [3.8, 4) is 17.3 Å². The van der Waals surface area contributed by atoms with Crippen LogP contribution >= 0.6 is 15.9 Å². The van der Waals surface area contributed by atoms with Crippen molar-refractivity contribution in [3.05, 3.63) is 52.5 Å². The molecule has 3 heterocycles. The molecule has 1 aromatic carbocycles. The molecule has 2 aromatic heterocycles. The summed E-state index contributed by atoms with van der Waals surface area (Å²) in [5.74, 6) is 0.236. The van der Waals surface area contributed by atoms with Gasteiger partial charge in [0.15, 0.2) is 5.82 Å². The van der Waals surface area contributed by atoms with E-state index in [2.05, 4.69) is 36.4 Å². The first-order valence-electron chi connectivity index (χ1n) is 8.40. The number of anilines is 1. The van der Waals surface area contributed by atoms with Gasteiger partial charge in [0.05, 0.1) is 16.6 Å². The van der Waals surface area contributed by atoms with Crippen molar-refractivity contribution in [2.45, 2.75) is 19.4 Å². The largest absolute Gasteiger partial charge is 0.493 e. The molecule has 0 spiro atoms. The zero-order chi connectivity index (χ0) is 18.8. The molecular formula is C18H15BrFN5O2. The lowest BCUT2D eigenvalue weighted by molar-refractivity contribution is 0.102.